The lowest BCUT2D eigenvalue weighted by atomic mass is 9.89. The van der Waals surface area contributed by atoms with Gasteiger partial charge in [-0.3, -0.25) is 4.79 Å². The number of carbonyl (C=O) groups is 1. The maximum atomic E-state index is 12.7. The minimum absolute atomic E-state index is 0. The molecule has 0 bridgehead atoms. The first-order chi connectivity index (χ1) is 10.2. The van der Waals surface area contributed by atoms with Crippen molar-refractivity contribution in [1.82, 2.24) is 20.2 Å². The van der Waals surface area contributed by atoms with Crippen molar-refractivity contribution >= 4 is 36.7 Å². The average molecular weight is 362 g/mol. The third kappa shape index (κ3) is 4.46. The van der Waals surface area contributed by atoms with Crippen LogP contribution in [0.5, 0.6) is 0 Å². The molecule has 1 unspecified atom stereocenters. The molecule has 2 aliphatic heterocycles. The van der Waals surface area contributed by atoms with Gasteiger partial charge in [0.25, 0.3) is 0 Å². The molecular weight excluding hydrogens is 337 g/mol. The lowest BCUT2D eigenvalue weighted by Crippen LogP contribution is -2.61. The van der Waals surface area contributed by atoms with E-state index >= 15 is 0 Å². The molecular formula is C15H25Cl2N5O. The lowest BCUT2D eigenvalue weighted by molar-refractivity contribution is -0.139. The molecule has 0 saturated carbocycles. The zero-order valence-corrected chi connectivity index (χ0v) is 15.0. The quantitative estimate of drug-likeness (QED) is 0.864. The molecule has 8 heteroatoms. The van der Waals surface area contributed by atoms with Crippen molar-refractivity contribution in [2.75, 3.05) is 37.6 Å². The van der Waals surface area contributed by atoms with E-state index in [0.29, 0.717) is 0 Å². The van der Waals surface area contributed by atoms with E-state index in [0.717, 1.165) is 51.5 Å². The van der Waals surface area contributed by atoms with Gasteiger partial charge in [0.05, 0.1) is 5.54 Å². The van der Waals surface area contributed by atoms with Gasteiger partial charge in [0.15, 0.2) is 0 Å². The molecule has 1 N–H and O–H groups in total. The van der Waals surface area contributed by atoms with E-state index in [2.05, 4.69) is 20.2 Å². The molecule has 0 aromatic carbocycles. The summed E-state index contributed by atoms with van der Waals surface area (Å²) in [5.41, 5.74) is -0.371. The Morgan fingerprint density at radius 3 is 2.35 bits per heavy atom. The summed E-state index contributed by atoms with van der Waals surface area (Å²) < 4.78 is 0. The molecule has 0 spiro atoms. The Morgan fingerprint density at radius 2 is 1.78 bits per heavy atom. The monoisotopic (exact) mass is 361 g/mol. The highest BCUT2D eigenvalue weighted by Crippen LogP contribution is 2.22. The van der Waals surface area contributed by atoms with Crippen LogP contribution in [-0.2, 0) is 4.79 Å². The molecule has 3 heterocycles. The van der Waals surface area contributed by atoms with Crippen molar-refractivity contribution in [3.63, 3.8) is 0 Å². The number of halogens is 2. The van der Waals surface area contributed by atoms with E-state index in [-0.39, 0.29) is 36.3 Å². The largest absolute Gasteiger partial charge is 0.338 e. The Bertz CT molecular complexity index is 488. The molecule has 1 aromatic rings. The van der Waals surface area contributed by atoms with E-state index in [4.69, 9.17) is 0 Å². The molecule has 2 fully saturated rings. The maximum Gasteiger partial charge on any atom is 0.242 e. The molecule has 2 aliphatic rings. The lowest BCUT2D eigenvalue weighted by Gasteiger charge is -2.41. The average Bonchev–Trinajstić information content (AvgIpc) is 2.56. The molecule has 2 saturated heterocycles. The van der Waals surface area contributed by atoms with Gasteiger partial charge >= 0.3 is 0 Å². The second kappa shape index (κ2) is 8.66. The zero-order chi connectivity index (χ0) is 14.7. The molecule has 1 aromatic heterocycles. The van der Waals surface area contributed by atoms with Crippen molar-refractivity contribution in [3.8, 4) is 0 Å². The summed E-state index contributed by atoms with van der Waals surface area (Å²) in [6, 6.07) is 1.82. The van der Waals surface area contributed by atoms with Gasteiger partial charge in [-0.25, -0.2) is 9.97 Å². The van der Waals surface area contributed by atoms with Gasteiger partial charge in [0.1, 0.15) is 0 Å². The number of carbonyl (C=O) groups excluding carboxylic acids is 1. The Hall–Kier alpha value is -1.11. The van der Waals surface area contributed by atoms with Gasteiger partial charge in [0, 0.05) is 38.6 Å². The number of amides is 1. The summed E-state index contributed by atoms with van der Waals surface area (Å²) >= 11 is 0. The topological polar surface area (TPSA) is 61.4 Å². The number of anilines is 1. The van der Waals surface area contributed by atoms with Crippen molar-refractivity contribution < 1.29 is 4.79 Å². The van der Waals surface area contributed by atoms with Gasteiger partial charge in [-0.15, -0.1) is 24.8 Å². The second-order valence-electron chi connectivity index (χ2n) is 6.04. The fraction of sp³-hybridized carbons (Fsp3) is 0.667. The first-order valence-corrected chi connectivity index (χ1v) is 7.75. The minimum atomic E-state index is -0.371. The highest BCUT2D eigenvalue weighted by Gasteiger charge is 2.38. The summed E-state index contributed by atoms with van der Waals surface area (Å²) in [6.07, 6.45) is 6.75. The van der Waals surface area contributed by atoms with Crippen LogP contribution in [0.1, 0.15) is 26.2 Å². The molecule has 23 heavy (non-hydrogen) atoms. The van der Waals surface area contributed by atoms with Crippen LogP contribution in [0, 0.1) is 0 Å². The number of rotatable bonds is 2. The van der Waals surface area contributed by atoms with Gasteiger partial charge in [-0.1, -0.05) is 0 Å². The van der Waals surface area contributed by atoms with Crippen LogP contribution in [0.4, 0.5) is 5.95 Å². The zero-order valence-electron chi connectivity index (χ0n) is 13.4. The molecule has 6 nitrogen and oxygen atoms in total. The number of nitrogens with one attached hydrogen (secondary N) is 1. The first kappa shape index (κ1) is 19.9. The van der Waals surface area contributed by atoms with Crippen LogP contribution >= 0.6 is 24.8 Å². The summed E-state index contributed by atoms with van der Waals surface area (Å²) in [7, 11) is 0. The molecule has 3 rings (SSSR count). The van der Waals surface area contributed by atoms with Crippen LogP contribution in [0.3, 0.4) is 0 Å². The van der Waals surface area contributed by atoms with Crippen LogP contribution in [0.2, 0.25) is 0 Å². The molecule has 0 aliphatic carbocycles. The molecule has 1 amide bonds. The van der Waals surface area contributed by atoms with Crippen LogP contribution in [0.15, 0.2) is 18.5 Å². The smallest absolute Gasteiger partial charge is 0.242 e. The van der Waals surface area contributed by atoms with Crippen LogP contribution in [0.25, 0.3) is 0 Å². The van der Waals surface area contributed by atoms with Gasteiger partial charge in [-0.2, -0.15) is 0 Å². The highest BCUT2D eigenvalue weighted by atomic mass is 35.5. The van der Waals surface area contributed by atoms with Gasteiger partial charge in [-0.05, 0) is 38.8 Å². The van der Waals surface area contributed by atoms with Crippen molar-refractivity contribution in [2.24, 2.45) is 0 Å². The Labute approximate surface area is 149 Å². The summed E-state index contributed by atoms with van der Waals surface area (Å²) in [5.74, 6) is 1.00. The first-order valence-electron chi connectivity index (χ1n) is 7.75. The highest BCUT2D eigenvalue weighted by molar-refractivity contribution is 5.86. The minimum Gasteiger partial charge on any atom is -0.338 e. The number of hydrogen-bond donors (Lipinski definition) is 1. The summed E-state index contributed by atoms with van der Waals surface area (Å²) in [5, 5.41) is 3.41. The third-order valence-corrected chi connectivity index (χ3v) is 4.49. The SMILES string of the molecule is CC1(C(=O)N2CCN(c3ncccn3)CC2)CCCCN1.Cl.Cl. The second-order valence-corrected chi connectivity index (χ2v) is 6.04. The van der Waals surface area contributed by atoms with Gasteiger partial charge in [0.2, 0.25) is 11.9 Å². The van der Waals surface area contributed by atoms with E-state index in [1.807, 2.05) is 17.9 Å². The molecule has 0 radical (unpaired) electrons. The van der Waals surface area contributed by atoms with Crippen LogP contribution in [-0.4, -0.2) is 59.0 Å². The van der Waals surface area contributed by atoms with Crippen LogP contribution < -0.4 is 10.2 Å². The third-order valence-electron chi connectivity index (χ3n) is 4.49. The van der Waals surface area contributed by atoms with E-state index in [1.165, 1.54) is 6.42 Å². The van der Waals surface area contributed by atoms with Crippen molar-refractivity contribution in [2.45, 2.75) is 31.7 Å². The Morgan fingerprint density at radius 1 is 1.13 bits per heavy atom. The normalized spacial score (nSPS) is 24.4. The van der Waals surface area contributed by atoms with Crippen molar-refractivity contribution in [3.05, 3.63) is 18.5 Å². The summed E-state index contributed by atoms with van der Waals surface area (Å²) in [6.45, 7) is 6.07. The van der Waals surface area contributed by atoms with E-state index in [1.54, 1.807) is 12.4 Å². The van der Waals surface area contributed by atoms with E-state index in [9.17, 15) is 4.79 Å². The van der Waals surface area contributed by atoms with Gasteiger partial charge < -0.3 is 15.1 Å². The van der Waals surface area contributed by atoms with Crippen molar-refractivity contribution in [1.29, 1.82) is 0 Å². The number of hydrogen-bond acceptors (Lipinski definition) is 5. The predicted molar refractivity (Wildman–Crippen MR) is 95.6 cm³/mol. The molecule has 1 atom stereocenters. The number of piperidine rings is 1. The fourth-order valence-corrected chi connectivity index (χ4v) is 3.15. The number of nitrogens with zero attached hydrogens (tertiary/aromatic N) is 4. The Balaban J connectivity index is 0.00000132. The predicted octanol–water partition coefficient (Wildman–Crippen LogP) is 1.50. The van der Waals surface area contributed by atoms with E-state index < -0.39 is 0 Å². The summed E-state index contributed by atoms with van der Waals surface area (Å²) in [4.78, 5) is 25.4. The fourth-order valence-electron chi connectivity index (χ4n) is 3.15. The Kier molecular flexibility index (Phi) is 7.51. The number of piperazine rings is 1. The standard InChI is InChI=1S/C15H23N5O.2ClH/c1-15(5-2-3-8-18-15)13(21)19-9-11-20(12-10-19)14-16-6-4-7-17-14;;/h4,6-7,18H,2-3,5,8-12H2,1H3;2*1H. The maximum absolute atomic E-state index is 12.7. The number of aromatic nitrogens is 2. The molecule has 130 valence electrons.